The van der Waals surface area contributed by atoms with Crippen LogP contribution in [0.2, 0.25) is 0 Å². The summed E-state index contributed by atoms with van der Waals surface area (Å²) in [7, 11) is 0. The van der Waals surface area contributed by atoms with E-state index in [1.54, 1.807) is 6.92 Å². The van der Waals surface area contributed by atoms with Crippen molar-refractivity contribution >= 4 is 21.9 Å². The van der Waals surface area contributed by atoms with Crippen LogP contribution in [-0.2, 0) is 16.1 Å². The molecule has 0 saturated carbocycles. The molecule has 1 unspecified atom stereocenters. The molecule has 0 aliphatic rings. The smallest absolute Gasteiger partial charge is 0.310 e. The second-order valence-electron chi connectivity index (χ2n) is 3.37. The van der Waals surface area contributed by atoms with Crippen LogP contribution in [0.25, 0.3) is 0 Å². The number of carbonyl (C=O) groups excluding carboxylic acids is 1. The summed E-state index contributed by atoms with van der Waals surface area (Å²) in [5, 5.41) is 0. The predicted octanol–water partition coefficient (Wildman–Crippen LogP) is 2.09. The fourth-order valence-corrected chi connectivity index (χ4v) is 1.24. The molecule has 2 N–H and O–H groups in total. The van der Waals surface area contributed by atoms with Crippen LogP contribution >= 0.6 is 15.9 Å². The molecule has 0 fully saturated rings. The van der Waals surface area contributed by atoms with Gasteiger partial charge in [-0.1, -0.05) is 35.0 Å². The van der Waals surface area contributed by atoms with Gasteiger partial charge in [-0.3, -0.25) is 4.79 Å². The number of halogens is 1. The van der Waals surface area contributed by atoms with Crippen molar-refractivity contribution in [2.45, 2.75) is 13.5 Å². The maximum absolute atomic E-state index is 11.3. The molecule has 0 aliphatic heterocycles. The number of carbonyl (C=O) groups is 1. The first-order chi connectivity index (χ1) is 7.13. The minimum atomic E-state index is -0.250. The van der Waals surface area contributed by atoms with Crippen molar-refractivity contribution in [2.75, 3.05) is 6.54 Å². The molecule has 1 rings (SSSR count). The monoisotopic (exact) mass is 271 g/mol. The zero-order valence-electron chi connectivity index (χ0n) is 8.57. The van der Waals surface area contributed by atoms with Crippen molar-refractivity contribution in [2.24, 2.45) is 11.7 Å². The quantitative estimate of drug-likeness (QED) is 0.854. The summed E-state index contributed by atoms with van der Waals surface area (Å²) in [6.45, 7) is 2.37. The van der Waals surface area contributed by atoms with Crippen LogP contribution in [0.15, 0.2) is 28.7 Å². The Balaban J connectivity index is 2.43. The standard InChI is InChI=1S/C11H14BrNO2/c1-8(6-13)11(14)15-7-9-2-4-10(12)5-3-9/h2-5,8H,6-7,13H2,1H3. The molecule has 0 bridgehead atoms. The Morgan fingerprint density at radius 2 is 2.07 bits per heavy atom. The van der Waals surface area contributed by atoms with E-state index in [9.17, 15) is 4.79 Å². The van der Waals surface area contributed by atoms with E-state index in [0.29, 0.717) is 13.2 Å². The molecule has 0 amide bonds. The first-order valence-corrected chi connectivity index (χ1v) is 5.54. The molecule has 3 nitrogen and oxygen atoms in total. The molecule has 82 valence electrons. The van der Waals surface area contributed by atoms with Crippen molar-refractivity contribution in [3.63, 3.8) is 0 Å². The Bertz CT molecular complexity index is 324. The van der Waals surface area contributed by atoms with Crippen molar-refractivity contribution in [3.05, 3.63) is 34.3 Å². The number of benzene rings is 1. The van der Waals surface area contributed by atoms with Crippen LogP contribution in [-0.4, -0.2) is 12.5 Å². The number of ether oxygens (including phenoxy) is 1. The van der Waals surface area contributed by atoms with Crippen LogP contribution in [0.4, 0.5) is 0 Å². The Kier molecular flexibility index (Phi) is 4.78. The largest absolute Gasteiger partial charge is 0.461 e. The van der Waals surface area contributed by atoms with Gasteiger partial charge in [0.15, 0.2) is 0 Å². The summed E-state index contributed by atoms with van der Waals surface area (Å²) in [6, 6.07) is 7.64. The van der Waals surface area contributed by atoms with Gasteiger partial charge >= 0.3 is 5.97 Å². The first-order valence-electron chi connectivity index (χ1n) is 4.74. The minimum absolute atomic E-state index is 0.236. The van der Waals surface area contributed by atoms with E-state index in [0.717, 1.165) is 10.0 Å². The van der Waals surface area contributed by atoms with E-state index >= 15 is 0 Å². The molecule has 15 heavy (non-hydrogen) atoms. The van der Waals surface area contributed by atoms with E-state index in [4.69, 9.17) is 10.5 Å². The lowest BCUT2D eigenvalue weighted by atomic mass is 10.2. The van der Waals surface area contributed by atoms with Crippen molar-refractivity contribution in [3.8, 4) is 0 Å². The summed E-state index contributed by atoms with van der Waals surface area (Å²) < 4.78 is 6.09. The van der Waals surface area contributed by atoms with Gasteiger partial charge in [0.05, 0.1) is 5.92 Å². The topological polar surface area (TPSA) is 52.3 Å². The van der Waals surface area contributed by atoms with E-state index in [1.165, 1.54) is 0 Å². The summed E-state index contributed by atoms with van der Waals surface area (Å²) in [5.41, 5.74) is 6.32. The molecular weight excluding hydrogens is 258 g/mol. The van der Waals surface area contributed by atoms with Gasteiger partial charge in [-0.15, -0.1) is 0 Å². The number of esters is 1. The number of rotatable bonds is 4. The van der Waals surface area contributed by atoms with Crippen LogP contribution < -0.4 is 5.73 Å². The third-order valence-electron chi connectivity index (χ3n) is 2.05. The number of hydrogen-bond donors (Lipinski definition) is 1. The first kappa shape index (κ1) is 12.2. The third kappa shape index (κ3) is 4.01. The highest BCUT2D eigenvalue weighted by atomic mass is 79.9. The van der Waals surface area contributed by atoms with E-state index in [1.807, 2.05) is 24.3 Å². The van der Waals surface area contributed by atoms with Gasteiger partial charge in [0.1, 0.15) is 6.61 Å². The maximum Gasteiger partial charge on any atom is 0.310 e. The highest BCUT2D eigenvalue weighted by Crippen LogP contribution is 2.11. The van der Waals surface area contributed by atoms with Gasteiger partial charge in [0.2, 0.25) is 0 Å². The molecule has 0 heterocycles. The molecular formula is C11H14BrNO2. The summed E-state index contributed by atoms with van der Waals surface area (Å²) >= 11 is 3.34. The van der Waals surface area contributed by atoms with Gasteiger partial charge in [-0.05, 0) is 17.7 Å². The van der Waals surface area contributed by atoms with Gasteiger partial charge in [-0.2, -0.15) is 0 Å². The Labute approximate surface area is 97.7 Å². The minimum Gasteiger partial charge on any atom is -0.461 e. The summed E-state index contributed by atoms with van der Waals surface area (Å²) in [5.74, 6) is -0.485. The third-order valence-corrected chi connectivity index (χ3v) is 2.58. The van der Waals surface area contributed by atoms with Gasteiger partial charge in [0.25, 0.3) is 0 Å². The highest BCUT2D eigenvalue weighted by molar-refractivity contribution is 9.10. The normalized spacial score (nSPS) is 12.2. The van der Waals surface area contributed by atoms with E-state index in [-0.39, 0.29) is 11.9 Å². The number of hydrogen-bond acceptors (Lipinski definition) is 3. The Morgan fingerprint density at radius 1 is 1.47 bits per heavy atom. The molecule has 0 aromatic heterocycles. The molecule has 0 aliphatic carbocycles. The lowest BCUT2D eigenvalue weighted by molar-refractivity contribution is -0.148. The fourth-order valence-electron chi connectivity index (χ4n) is 0.974. The van der Waals surface area contributed by atoms with Gasteiger partial charge in [0, 0.05) is 11.0 Å². The van der Waals surface area contributed by atoms with E-state index in [2.05, 4.69) is 15.9 Å². The zero-order chi connectivity index (χ0) is 11.3. The van der Waals surface area contributed by atoms with E-state index < -0.39 is 0 Å². The molecule has 0 radical (unpaired) electrons. The molecule has 1 aromatic rings. The lowest BCUT2D eigenvalue weighted by Crippen LogP contribution is -2.22. The van der Waals surface area contributed by atoms with Crippen molar-refractivity contribution in [1.29, 1.82) is 0 Å². The molecule has 0 spiro atoms. The predicted molar refractivity (Wildman–Crippen MR) is 62.2 cm³/mol. The van der Waals surface area contributed by atoms with Crippen LogP contribution in [0.3, 0.4) is 0 Å². The molecule has 0 saturated heterocycles. The number of nitrogens with two attached hydrogens (primary N) is 1. The Morgan fingerprint density at radius 3 is 2.60 bits per heavy atom. The zero-order valence-corrected chi connectivity index (χ0v) is 10.2. The fraction of sp³-hybridized carbons (Fsp3) is 0.364. The second-order valence-corrected chi connectivity index (χ2v) is 4.29. The average Bonchev–Trinajstić information content (AvgIpc) is 2.26. The maximum atomic E-state index is 11.3. The molecule has 1 aromatic carbocycles. The van der Waals surface area contributed by atoms with Crippen LogP contribution in [0.5, 0.6) is 0 Å². The molecule has 4 heteroatoms. The van der Waals surface area contributed by atoms with Gasteiger partial charge < -0.3 is 10.5 Å². The molecule has 1 atom stereocenters. The highest BCUT2D eigenvalue weighted by Gasteiger charge is 2.11. The average molecular weight is 272 g/mol. The van der Waals surface area contributed by atoms with Crippen LogP contribution in [0.1, 0.15) is 12.5 Å². The summed E-state index contributed by atoms with van der Waals surface area (Å²) in [4.78, 5) is 11.3. The Hall–Kier alpha value is -0.870. The lowest BCUT2D eigenvalue weighted by Gasteiger charge is -2.09. The second kappa shape index (κ2) is 5.88. The summed E-state index contributed by atoms with van der Waals surface area (Å²) in [6.07, 6.45) is 0. The van der Waals surface area contributed by atoms with Crippen molar-refractivity contribution in [1.82, 2.24) is 0 Å². The van der Waals surface area contributed by atoms with Gasteiger partial charge in [-0.25, -0.2) is 0 Å². The van der Waals surface area contributed by atoms with Crippen LogP contribution in [0, 0.1) is 5.92 Å². The van der Waals surface area contributed by atoms with Crippen molar-refractivity contribution < 1.29 is 9.53 Å². The SMILES string of the molecule is CC(CN)C(=O)OCc1ccc(Br)cc1.